The van der Waals surface area contributed by atoms with Gasteiger partial charge in [0, 0.05) is 6.61 Å². The van der Waals surface area contributed by atoms with Crippen molar-refractivity contribution in [3.05, 3.63) is 54.0 Å². The van der Waals surface area contributed by atoms with Crippen molar-refractivity contribution in [2.24, 2.45) is 0 Å². The monoisotopic (exact) mass is 359 g/mol. The van der Waals surface area contributed by atoms with Crippen LogP contribution in [0.2, 0.25) is 0 Å². The normalized spacial score (nSPS) is 10.9. The minimum absolute atomic E-state index is 0.0134. The van der Waals surface area contributed by atoms with Crippen molar-refractivity contribution in [1.29, 1.82) is 0 Å². The molecule has 3 N–H and O–H groups in total. The first-order valence-electron chi connectivity index (χ1n) is 7.97. The largest absolute Gasteiger partial charge is 0.396 e. The van der Waals surface area contributed by atoms with Crippen molar-refractivity contribution in [2.75, 3.05) is 18.5 Å². The van der Waals surface area contributed by atoms with Gasteiger partial charge in [0.25, 0.3) is 5.91 Å². The van der Waals surface area contributed by atoms with E-state index in [1.165, 1.54) is 18.6 Å². The number of halogens is 1. The molecule has 0 unspecified atom stereocenters. The minimum Gasteiger partial charge on any atom is -0.396 e. The Kier molecular flexibility index (Phi) is 5.40. The van der Waals surface area contributed by atoms with Gasteiger partial charge < -0.3 is 10.4 Å². The third kappa shape index (κ3) is 3.79. The molecule has 0 aliphatic heterocycles. The van der Waals surface area contributed by atoms with Crippen molar-refractivity contribution in [3.8, 4) is 0 Å². The number of nitrogens with zero attached hydrogens (tertiary/aromatic N) is 3. The number of nitrogens with one attached hydrogen (secondary N) is 2. The van der Waals surface area contributed by atoms with Crippen LogP contribution in [0.1, 0.15) is 22.5 Å². The lowest BCUT2D eigenvalue weighted by Crippen LogP contribution is -2.27. The first kappa shape index (κ1) is 17.8. The lowest BCUT2D eigenvalue weighted by molar-refractivity contribution is 0.0258. The zero-order chi connectivity index (χ0) is 18.5. The Balaban J connectivity index is 1.93. The Labute approximate surface area is 148 Å². The summed E-state index contributed by atoms with van der Waals surface area (Å²) < 4.78 is 15.8. The van der Waals surface area contributed by atoms with Crippen LogP contribution in [0.4, 0.5) is 15.9 Å². The second-order valence-corrected chi connectivity index (χ2v) is 5.61. The third-order valence-electron chi connectivity index (χ3n) is 3.62. The number of hydroxylamine groups is 1. The van der Waals surface area contributed by atoms with Gasteiger partial charge in [0.15, 0.2) is 5.69 Å². The molecule has 3 rings (SSSR count). The van der Waals surface area contributed by atoms with Gasteiger partial charge in [-0.05, 0) is 31.0 Å². The summed E-state index contributed by atoms with van der Waals surface area (Å²) in [5, 5.41) is 11.6. The molecule has 26 heavy (non-hydrogen) atoms. The number of aryl methyl sites for hydroxylation is 1. The minimum atomic E-state index is -0.603. The van der Waals surface area contributed by atoms with Gasteiger partial charge in [-0.15, -0.1) is 0 Å². The number of rotatable bonds is 7. The van der Waals surface area contributed by atoms with Crippen molar-refractivity contribution in [1.82, 2.24) is 19.8 Å². The Hall–Kier alpha value is -3.04. The van der Waals surface area contributed by atoms with Crippen LogP contribution in [-0.2, 0) is 4.84 Å². The first-order chi connectivity index (χ1) is 12.6. The van der Waals surface area contributed by atoms with Gasteiger partial charge in [0.1, 0.15) is 18.0 Å². The van der Waals surface area contributed by atoms with E-state index in [9.17, 15) is 9.18 Å². The molecule has 8 nitrogen and oxygen atoms in total. The molecule has 0 saturated heterocycles. The number of benzene rings is 1. The number of hydrogen-bond acceptors (Lipinski definition) is 6. The molecule has 0 aliphatic carbocycles. The number of anilines is 2. The summed E-state index contributed by atoms with van der Waals surface area (Å²) in [5.41, 5.74) is 3.89. The van der Waals surface area contributed by atoms with Crippen LogP contribution >= 0.6 is 0 Å². The van der Waals surface area contributed by atoms with E-state index in [4.69, 9.17) is 9.94 Å². The molecule has 0 spiro atoms. The van der Waals surface area contributed by atoms with Gasteiger partial charge in [-0.25, -0.2) is 19.8 Å². The molecule has 0 bridgehead atoms. The van der Waals surface area contributed by atoms with Crippen LogP contribution in [0.5, 0.6) is 0 Å². The van der Waals surface area contributed by atoms with Gasteiger partial charge in [-0.3, -0.25) is 14.0 Å². The smallest absolute Gasteiger partial charge is 0.297 e. The van der Waals surface area contributed by atoms with Crippen LogP contribution in [0, 0.1) is 12.7 Å². The number of carbonyl (C=O) groups is 1. The van der Waals surface area contributed by atoms with Gasteiger partial charge in [0.05, 0.1) is 30.2 Å². The molecule has 1 amide bonds. The molecule has 0 saturated carbocycles. The second-order valence-electron chi connectivity index (χ2n) is 5.61. The number of aliphatic hydroxyl groups is 1. The highest BCUT2D eigenvalue weighted by Crippen LogP contribution is 2.24. The molecule has 1 aromatic carbocycles. The van der Waals surface area contributed by atoms with E-state index < -0.39 is 11.7 Å². The van der Waals surface area contributed by atoms with E-state index in [0.717, 1.165) is 5.56 Å². The number of hydrogen-bond donors (Lipinski definition) is 3. The number of aromatic nitrogens is 3. The molecular formula is C17H18FN5O3. The first-order valence-corrected chi connectivity index (χ1v) is 7.97. The predicted molar refractivity (Wildman–Crippen MR) is 92.5 cm³/mol. The third-order valence-corrected chi connectivity index (χ3v) is 3.62. The van der Waals surface area contributed by atoms with Crippen molar-refractivity contribution in [2.45, 2.75) is 13.3 Å². The quantitative estimate of drug-likeness (QED) is 0.440. The van der Waals surface area contributed by atoms with E-state index in [1.54, 1.807) is 29.7 Å². The molecule has 0 aliphatic rings. The molecule has 0 fully saturated rings. The number of fused-ring (bicyclic) bond motifs is 1. The van der Waals surface area contributed by atoms with Crippen LogP contribution in [0.3, 0.4) is 0 Å². The summed E-state index contributed by atoms with van der Waals surface area (Å²) in [6.45, 7) is 1.90. The highest BCUT2D eigenvalue weighted by atomic mass is 19.1. The zero-order valence-corrected chi connectivity index (χ0v) is 14.1. The summed E-state index contributed by atoms with van der Waals surface area (Å²) in [4.78, 5) is 25.6. The number of carbonyl (C=O) groups excluding carboxylic acids is 1. The van der Waals surface area contributed by atoms with Crippen LogP contribution in [0.25, 0.3) is 5.52 Å². The van der Waals surface area contributed by atoms with Crippen LogP contribution in [0.15, 0.2) is 36.9 Å². The summed E-state index contributed by atoms with van der Waals surface area (Å²) in [7, 11) is 0. The van der Waals surface area contributed by atoms with Gasteiger partial charge in [-0.2, -0.15) is 0 Å². The maximum atomic E-state index is 14.2. The molecule has 0 atom stereocenters. The van der Waals surface area contributed by atoms with E-state index in [-0.39, 0.29) is 30.4 Å². The average molecular weight is 359 g/mol. The van der Waals surface area contributed by atoms with E-state index in [0.29, 0.717) is 11.9 Å². The maximum Gasteiger partial charge on any atom is 0.297 e. The molecule has 2 aromatic heterocycles. The van der Waals surface area contributed by atoms with E-state index in [1.807, 2.05) is 0 Å². The second kappa shape index (κ2) is 7.89. The molecule has 3 aromatic rings. The fourth-order valence-corrected chi connectivity index (χ4v) is 2.33. The summed E-state index contributed by atoms with van der Waals surface area (Å²) in [5.74, 6) is -0.799. The van der Waals surface area contributed by atoms with E-state index in [2.05, 4.69) is 20.8 Å². The molecule has 136 valence electrons. The Morgan fingerprint density at radius 2 is 2.23 bits per heavy atom. The van der Waals surface area contributed by atoms with Gasteiger partial charge in [-0.1, -0.05) is 6.07 Å². The Morgan fingerprint density at radius 3 is 3.00 bits per heavy atom. The predicted octanol–water partition coefficient (Wildman–Crippen LogP) is 1.96. The molecule has 0 radical (unpaired) electrons. The fraction of sp³-hybridized carbons (Fsp3) is 0.235. The van der Waals surface area contributed by atoms with Crippen LogP contribution in [-0.4, -0.2) is 38.6 Å². The summed E-state index contributed by atoms with van der Waals surface area (Å²) >= 11 is 0. The number of imidazole rings is 1. The highest BCUT2D eigenvalue weighted by molar-refractivity contribution is 5.97. The fourth-order valence-electron chi connectivity index (χ4n) is 2.33. The Bertz CT molecular complexity index is 928. The lowest BCUT2D eigenvalue weighted by atomic mass is 10.2. The van der Waals surface area contributed by atoms with Crippen LogP contribution < -0.4 is 10.8 Å². The lowest BCUT2D eigenvalue weighted by Gasteiger charge is -2.14. The topological polar surface area (TPSA) is 101 Å². The van der Waals surface area contributed by atoms with Gasteiger partial charge in [0.2, 0.25) is 0 Å². The molecule has 2 heterocycles. The zero-order valence-electron chi connectivity index (χ0n) is 14.1. The van der Waals surface area contributed by atoms with Crippen molar-refractivity contribution in [3.63, 3.8) is 0 Å². The van der Waals surface area contributed by atoms with E-state index >= 15 is 0 Å². The van der Waals surface area contributed by atoms with Gasteiger partial charge >= 0.3 is 0 Å². The molecule has 9 heteroatoms. The standard InChI is InChI=1S/C17H18FN5O3/c1-11-3-4-14(13(18)7-11)21-16-15(17(25)22-26-6-2-5-24)20-9-12-8-19-10-23(12)16/h3-4,7-10,21,24H,2,5-6H2,1H3,(H,22,25). The SMILES string of the molecule is Cc1ccc(Nc2c(C(=O)NOCCCO)ncc3cncn23)c(F)c1. The summed E-state index contributed by atoms with van der Waals surface area (Å²) in [6, 6.07) is 4.73. The van der Waals surface area contributed by atoms with Crippen molar-refractivity contribution < 1.29 is 19.1 Å². The number of amides is 1. The number of aliphatic hydroxyl groups excluding tert-OH is 1. The summed E-state index contributed by atoms with van der Waals surface area (Å²) in [6.07, 6.45) is 4.93. The molecular weight excluding hydrogens is 341 g/mol. The highest BCUT2D eigenvalue weighted by Gasteiger charge is 2.18. The van der Waals surface area contributed by atoms with Crippen molar-refractivity contribution >= 4 is 22.9 Å². The average Bonchev–Trinajstić information content (AvgIpc) is 3.10. The maximum absolute atomic E-state index is 14.2. The Morgan fingerprint density at radius 1 is 1.38 bits per heavy atom.